The van der Waals surface area contributed by atoms with Crippen LogP contribution in [0.15, 0.2) is 16.6 Å². The molecule has 0 aliphatic heterocycles. The molecule has 1 aromatic heterocycles. The maximum absolute atomic E-state index is 12.7. The van der Waals surface area contributed by atoms with Gasteiger partial charge in [-0.15, -0.1) is 0 Å². The number of benzene rings is 1. The van der Waals surface area contributed by atoms with Crippen molar-refractivity contribution in [3.8, 4) is 0 Å². The largest absolute Gasteiger partial charge is 0.481 e. The minimum absolute atomic E-state index is 0.114. The molecule has 0 saturated carbocycles. The van der Waals surface area contributed by atoms with Crippen molar-refractivity contribution in [2.24, 2.45) is 0 Å². The molecular formula is C9H6BrFN2O2. The number of nitrogens with one attached hydrogen (secondary N) is 1. The van der Waals surface area contributed by atoms with Gasteiger partial charge in [0.2, 0.25) is 0 Å². The lowest BCUT2D eigenvalue weighted by Gasteiger charge is -2.00. The number of aromatic nitrogens is 2. The molecule has 2 N–H and O–H groups in total. The molecule has 0 atom stereocenters. The van der Waals surface area contributed by atoms with Gasteiger partial charge in [0.25, 0.3) is 6.08 Å². The van der Waals surface area contributed by atoms with Gasteiger partial charge in [0.05, 0.1) is 17.5 Å². The first-order chi connectivity index (χ1) is 7.06. The van der Waals surface area contributed by atoms with Crippen molar-refractivity contribution >= 4 is 32.9 Å². The Kier molecular flexibility index (Phi) is 2.44. The zero-order valence-electron chi connectivity index (χ0n) is 7.42. The van der Waals surface area contributed by atoms with Gasteiger partial charge < -0.3 is 10.1 Å². The van der Waals surface area contributed by atoms with Crippen LogP contribution in [0.2, 0.25) is 0 Å². The summed E-state index contributed by atoms with van der Waals surface area (Å²) in [5.41, 5.74) is 1.54. The van der Waals surface area contributed by atoms with E-state index in [4.69, 9.17) is 5.11 Å². The summed E-state index contributed by atoms with van der Waals surface area (Å²) in [6.07, 6.45) is -0.790. The summed E-state index contributed by atoms with van der Waals surface area (Å²) in [5.74, 6) is -0.935. The molecular weight excluding hydrogens is 267 g/mol. The van der Waals surface area contributed by atoms with Crippen LogP contribution in [0.1, 0.15) is 5.56 Å². The first-order valence-electron chi connectivity index (χ1n) is 4.11. The maximum atomic E-state index is 12.7. The number of H-pyrrole nitrogens is 1. The SMILES string of the molecule is O=C(O)Cc1cc2[nH]c(F)nc2cc1Br. The van der Waals surface area contributed by atoms with Crippen LogP contribution in [-0.4, -0.2) is 21.0 Å². The number of aromatic amines is 1. The quantitative estimate of drug-likeness (QED) is 0.880. The molecule has 15 heavy (non-hydrogen) atoms. The Balaban J connectivity index is 2.55. The van der Waals surface area contributed by atoms with Crippen molar-refractivity contribution in [1.29, 1.82) is 0 Å². The molecule has 2 rings (SSSR count). The van der Waals surface area contributed by atoms with Crippen molar-refractivity contribution < 1.29 is 14.3 Å². The van der Waals surface area contributed by atoms with Crippen molar-refractivity contribution in [1.82, 2.24) is 9.97 Å². The standard InChI is InChI=1S/C9H6BrFN2O2/c10-5-3-7-6(12-9(11)13-7)1-4(5)2-8(14)15/h1,3H,2H2,(H,12,13)(H,14,15). The van der Waals surface area contributed by atoms with E-state index in [-0.39, 0.29) is 6.42 Å². The number of aliphatic carboxylic acids is 1. The van der Waals surface area contributed by atoms with E-state index < -0.39 is 12.0 Å². The lowest BCUT2D eigenvalue weighted by molar-refractivity contribution is -0.136. The number of halogens is 2. The first-order valence-corrected chi connectivity index (χ1v) is 4.91. The van der Waals surface area contributed by atoms with Crippen LogP contribution in [0.5, 0.6) is 0 Å². The van der Waals surface area contributed by atoms with Crippen molar-refractivity contribution in [3.63, 3.8) is 0 Å². The van der Waals surface area contributed by atoms with Crippen molar-refractivity contribution in [2.45, 2.75) is 6.42 Å². The van der Waals surface area contributed by atoms with E-state index in [0.29, 0.717) is 21.1 Å². The van der Waals surface area contributed by atoms with Gasteiger partial charge in [0.15, 0.2) is 0 Å². The molecule has 2 aromatic rings. The highest BCUT2D eigenvalue weighted by molar-refractivity contribution is 9.10. The Hall–Kier alpha value is -1.43. The van der Waals surface area contributed by atoms with Crippen LogP contribution < -0.4 is 0 Å². The monoisotopic (exact) mass is 272 g/mol. The molecule has 0 bridgehead atoms. The highest BCUT2D eigenvalue weighted by Crippen LogP contribution is 2.23. The first kappa shape index (κ1) is 10.1. The van der Waals surface area contributed by atoms with Crippen LogP contribution in [-0.2, 0) is 11.2 Å². The van der Waals surface area contributed by atoms with E-state index in [9.17, 15) is 9.18 Å². The number of carboxylic acids is 1. The van der Waals surface area contributed by atoms with E-state index in [1.807, 2.05) is 0 Å². The molecule has 78 valence electrons. The smallest absolute Gasteiger partial charge is 0.307 e. The summed E-state index contributed by atoms with van der Waals surface area (Å²) in [4.78, 5) is 16.5. The van der Waals surface area contributed by atoms with Gasteiger partial charge in [-0.25, -0.2) is 4.98 Å². The van der Waals surface area contributed by atoms with Crippen LogP contribution >= 0.6 is 15.9 Å². The summed E-state index contributed by atoms with van der Waals surface area (Å²) in [7, 11) is 0. The topological polar surface area (TPSA) is 66.0 Å². The Bertz CT molecular complexity index is 538. The molecule has 6 heteroatoms. The van der Waals surface area contributed by atoms with Crippen molar-refractivity contribution in [2.75, 3.05) is 0 Å². The third-order valence-electron chi connectivity index (χ3n) is 1.96. The van der Waals surface area contributed by atoms with E-state index in [1.165, 1.54) is 0 Å². The van der Waals surface area contributed by atoms with Gasteiger partial charge in [0.1, 0.15) is 0 Å². The Morgan fingerprint density at radius 1 is 1.60 bits per heavy atom. The lowest BCUT2D eigenvalue weighted by Crippen LogP contribution is -2.00. The fourth-order valence-electron chi connectivity index (χ4n) is 1.34. The number of hydrogen-bond acceptors (Lipinski definition) is 2. The van der Waals surface area contributed by atoms with Gasteiger partial charge in [-0.3, -0.25) is 4.79 Å². The third kappa shape index (κ3) is 1.99. The number of imidazole rings is 1. The second-order valence-corrected chi connectivity index (χ2v) is 3.91. The van der Waals surface area contributed by atoms with Gasteiger partial charge in [-0.2, -0.15) is 4.39 Å². The number of carboxylic acid groups (broad SMARTS) is 1. The Labute approximate surface area is 92.3 Å². The normalized spacial score (nSPS) is 10.8. The van der Waals surface area contributed by atoms with Gasteiger partial charge in [0, 0.05) is 4.47 Å². The Morgan fingerprint density at radius 3 is 3.00 bits per heavy atom. The molecule has 1 heterocycles. The number of hydrogen-bond donors (Lipinski definition) is 2. The van der Waals surface area contributed by atoms with E-state index >= 15 is 0 Å². The Morgan fingerprint density at radius 2 is 2.33 bits per heavy atom. The second-order valence-electron chi connectivity index (χ2n) is 3.06. The summed E-state index contributed by atoms with van der Waals surface area (Å²) in [5, 5.41) is 8.65. The zero-order valence-corrected chi connectivity index (χ0v) is 9.01. The van der Waals surface area contributed by atoms with Gasteiger partial charge in [-0.1, -0.05) is 15.9 Å². The van der Waals surface area contributed by atoms with Gasteiger partial charge >= 0.3 is 5.97 Å². The van der Waals surface area contributed by atoms with E-state index in [1.54, 1.807) is 12.1 Å². The van der Waals surface area contributed by atoms with Crippen LogP contribution in [0, 0.1) is 6.08 Å². The summed E-state index contributed by atoms with van der Waals surface area (Å²) in [6, 6.07) is 3.16. The average molecular weight is 273 g/mol. The van der Waals surface area contributed by atoms with Crippen LogP contribution in [0.25, 0.3) is 11.0 Å². The lowest BCUT2D eigenvalue weighted by atomic mass is 10.1. The zero-order chi connectivity index (χ0) is 11.0. The minimum Gasteiger partial charge on any atom is -0.481 e. The molecule has 0 saturated heterocycles. The molecule has 0 aliphatic carbocycles. The molecule has 1 aromatic carbocycles. The molecule has 0 unspecified atom stereocenters. The highest BCUT2D eigenvalue weighted by atomic mass is 79.9. The van der Waals surface area contributed by atoms with E-state index in [0.717, 1.165) is 0 Å². The fraction of sp³-hybridized carbons (Fsp3) is 0.111. The predicted molar refractivity (Wildman–Crippen MR) is 55.1 cm³/mol. The summed E-state index contributed by atoms with van der Waals surface area (Å²) < 4.78 is 13.4. The molecule has 0 amide bonds. The highest BCUT2D eigenvalue weighted by Gasteiger charge is 2.09. The molecule has 0 aliphatic rings. The van der Waals surface area contributed by atoms with Gasteiger partial charge in [-0.05, 0) is 17.7 Å². The third-order valence-corrected chi connectivity index (χ3v) is 2.70. The maximum Gasteiger partial charge on any atom is 0.307 e. The summed E-state index contributed by atoms with van der Waals surface area (Å²) in [6.45, 7) is 0. The number of nitrogens with zero attached hydrogens (tertiary/aromatic N) is 1. The number of fused-ring (bicyclic) bond motifs is 1. The van der Waals surface area contributed by atoms with Crippen LogP contribution in [0.3, 0.4) is 0 Å². The number of carbonyl (C=O) groups is 1. The fourth-order valence-corrected chi connectivity index (χ4v) is 1.81. The molecule has 0 spiro atoms. The predicted octanol–water partition coefficient (Wildman–Crippen LogP) is 2.09. The molecule has 0 radical (unpaired) electrons. The average Bonchev–Trinajstić information content (AvgIpc) is 2.44. The minimum atomic E-state index is -0.935. The number of rotatable bonds is 2. The van der Waals surface area contributed by atoms with E-state index in [2.05, 4.69) is 25.9 Å². The van der Waals surface area contributed by atoms with Crippen molar-refractivity contribution in [3.05, 3.63) is 28.2 Å². The van der Waals surface area contributed by atoms with Crippen LogP contribution in [0.4, 0.5) is 4.39 Å². The molecule has 0 fully saturated rings. The second kappa shape index (κ2) is 3.62. The molecule has 4 nitrogen and oxygen atoms in total. The summed E-state index contributed by atoms with van der Waals surface area (Å²) >= 11 is 3.22.